The minimum atomic E-state index is -0.842. The highest BCUT2D eigenvalue weighted by Crippen LogP contribution is 2.60. The van der Waals surface area contributed by atoms with E-state index >= 15 is 0 Å². The Balaban J connectivity index is 1.81. The molecule has 4 atom stereocenters. The number of carbonyl (C=O) groups is 2. The topological polar surface area (TPSA) is 63.6 Å². The quantitative estimate of drug-likeness (QED) is 0.851. The van der Waals surface area contributed by atoms with Crippen LogP contribution in [-0.4, -0.2) is 27.7 Å². The number of aryl methyl sites for hydroxylation is 3. The first-order chi connectivity index (χ1) is 12.1. The van der Waals surface area contributed by atoms with Gasteiger partial charge in [-0.3, -0.25) is 9.59 Å². The number of carbonyl (C=O) groups excluding carboxylic acids is 2. The summed E-state index contributed by atoms with van der Waals surface area (Å²) in [4.78, 5) is 25.8. The Bertz CT molecular complexity index is 903. The molecule has 5 heteroatoms. The predicted octanol–water partition coefficient (Wildman–Crippen LogP) is 4.03. The van der Waals surface area contributed by atoms with Gasteiger partial charge in [-0.25, -0.2) is 0 Å². The van der Waals surface area contributed by atoms with Crippen LogP contribution in [0.25, 0.3) is 5.57 Å². The van der Waals surface area contributed by atoms with Gasteiger partial charge in [0.2, 0.25) is 0 Å². The average molecular weight is 370 g/mol. The molecule has 2 aliphatic heterocycles. The van der Waals surface area contributed by atoms with E-state index < -0.39 is 11.5 Å². The van der Waals surface area contributed by atoms with E-state index in [1.807, 2.05) is 45.9 Å². The van der Waals surface area contributed by atoms with Crippen LogP contribution in [0.3, 0.4) is 0 Å². The SMILES string of the molecule is CC(=O)SC1=C[C@@H]2O[C@@]1(C)[C@H]1C(=O)C(c3c(C)cc(C)cc3C)=C(O)[C@@H]21. The largest absolute Gasteiger partial charge is 0.511 e. The lowest BCUT2D eigenvalue weighted by molar-refractivity contribution is -0.120. The Morgan fingerprint density at radius 1 is 1.23 bits per heavy atom. The zero-order valence-electron chi connectivity index (χ0n) is 15.5. The molecule has 0 unspecified atom stereocenters. The second-order valence-electron chi connectivity index (χ2n) is 7.72. The van der Waals surface area contributed by atoms with Crippen molar-refractivity contribution in [3.8, 4) is 0 Å². The number of aliphatic hydroxyl groups excluding tert-OH is 1. The number of ether oxygens (including phenoxy) is 1. The van der Waals surface area contributed by atoms with Crippen LogP contribution in [0.4, 0.5) is 0 Å². The van der Waals surface area contributed by atoms with Gasteiger partial charge in [0.15, 0.2) is 10.9 Å². The molecule has 1 aromatic rings. The van der Waals surface area contributed by atoms with E-state index in [2.05, 4.69) is 0 Å². The van der Waals surface area contributed by atoms with Gasteiger partial charge in [0, 0.05) is 11.8 Å². The summed E-state index contributed by atoms with van der Waals surface area (Å²) in [6.07, 6.45) is 1.54. The van der Waals surface area contributed by atoms with Gasteiger partial charge >= 0.3 is 0 Å². The summed E-state index contributed by atoms with van der Waals surface area (Å²) in [5.74, 6) is -0.789. The molecule has 4 rings (SSSR count). The smallest absolute Gasteiger partial charge is 0.190 e. The third kappa shape index (κ3) is 2.20. The summed E-state index contributed by atoms with van der Waals surface area (Å²) < 4.78 is 6.06. The molecule has 0 spiro atoms. The van der Waals surface area contributed by atoms with Crippen LogP contribution in [0.2, 0.25) is 0 Å². The third-order valence-electron chi connectivity index (χ3n) is 5.77. The number of aliphatic hydroxyl groups is 1. The molecule has 0 amide bonds. The van der Waals surface area contributed by atoms with E-state index in [4.69, 9.17) is 4.74 Å². The Morgan fingerprint density at radius 3 is 2.42 bits per heavy atom. The van der Waals surface area contributed by atoms with Crippen molar-refractivity contribution in [2.24, 2.45) is 11.8 Å². The molecule has 2 heterocycles. The molecule has 0 aromatic heterocycles. The van der Waals surface area contributed by atoms with Crippen LogP contribution >= 0.6 is 11.8 Å². The number of allylic oxidation sites excluding steroid dienone is 1. The molecular weight excluding hydrogens is 348 g/mol. The molecule has 136 valence electrons. The van der Waals surface area contributed by atoms with Crippen LogP contribution in [0, 0.1) is 32.6 Å². The van der Waals surface area contributed by atoms with Crippen molar-refractivity contribution in [3.05, 3.63) is 51.1 Å². The first kappa shape index (κ1) is 17.6. The van der Waals surface area contributed by atoms with Gasteiger partial charge in [-0.2, -0.15) is 0 Å². The van der Waals surface area contributed by atoms with Crippen molar-refractivity contribution < 1.29 is 19.4 Å². The number of ketones is 1. The first-order valence-electron chi connectivity index (χ1n) is 8.79. The van der Waals surface area contributed by atoms with Crippen molar-refractivity contribution in [1.29, 1.82) is 0 Å². The van der Waals surface area contributed by atoms with Gasteiger partial charge in [-0.15, -0.1) is 0 Å². The van der Waals surface area contributed by atoms with Crippen LogP contribution < -0.4 is 0 Å². The minimum absolute atomic E-state index is 0.0294. The highest BCUT2D eigenvalue weighted by atomic mass is 32.2. The molecule has 1 fully saturated rings. The van der Waals surface area contributed by atoms with E-state index in [1.54, 1.807) is 0 Å². The van der Waals surface area contributed by atoms with Crippen molar-refractivity contribution in [3.63, 3.8) is 0 Å². The number of thioether (sulfide) groups is 1. The van der Waals surface area contributed by atoms with Crippen LogP contribution in [0.5, 0.6) is 0 Å². The summed E-state index contributed by atoms with van der Waals surface area (Å²) in [7, 11) is 0. The maximum absolute atomic E-state index is 13.4. The summed E-state index contributed by atoms with van der Waals surface area (Å²) in [6, 6.07) is 4.07. The van der Waals surface area contributed by atoms with E-state index in [0.717, 1.165) is 38.9 Å². The van der Waals surface area contributed by atoms with Crippen molar-refractivity contribution in [2.75, 3.05) is 0 Å². The lowest BCUT2D eigenvalue weighted by Gasteiger charge is -2.30. The van der Waals surface area contributed by atoms with Crippen molar-refractivity contribution in [1.82, 2.24) is 0 Å². The molecule has 3 aliphatic rings. The molecule has 1 aliphatic carbocycles. The van der Waals surface area contributed by atoms with Crippen LogP contribution in [0.1, 0.15) is 36.1 Å². The maximum Gasteiger partial charge on any atom is 0.190 e. The molecule has 2 bridgehead atoms. The summed E-state index contributed by atoms with van der Waals surface area (Å²) >= 11 is 1.13. The van der Waals surface area contributed by atoms with Gasteiger partial charge in [-0.1, -0.05) is 29.5 Å². The summed E-state index contributed by atoms with van der Waals surface area (Å²) in [5.41, 5.74) is 3.52. The molecular formula is C21H22O4S. The Morgan fingerprint density at radius 2 is 1.85 bits per heavy atom. The zero-order valence-corrected chi connectivity index (χ0v) is 16.4. The highest BCUT2D eigenvalue weighted by molar-refractivity contribution is 8.16. The van der Waals surface area contributed by atoms with Gasteiger partial charge in [-0.05, 0) is 50.5 Å². The van der Waals surface area contributed by atoms with E-state index in [0.29, 0.717) is 5.57 Å². The number of Topliss-reactive ketones (excluding diaryl/α,β-unsaturated/α-hetero) is 1. The van der Waals surface area contributed by atoms with Crippen LogP contribution in [-0.2, 0) is 14.3 Å². The Kier molecular flexibility index (Phi) is 3.76. The van der Waals surface area contributed by atoms with Crippen molar-refractivity contribution in [2.45, 2.75) is 46.3 Å². The number of benzene rings is 1. The average Bonchev–Trinajstić information content (AvgIpc) is 3.07. The maximum atomic E-state index is 13.4. The Labute approximate surface area is 157 Å². The molecule has 26 heavy (non-hydrogen) atoms. The van der Waals surface area contributed by atoms with Gasteiger partial charge in [0.05, 0.1) is 23.5 Å². The second kappa shape index (κ2) is 5.57. The predicted molar refractivity (Wildman–Crippen MR) is 102 cm³/mol. The molecule has 1 N–H and O–H groups in total. The van der Waals surface area contributed by atoms with Gasteiger partial charge in [0.1, 0.15) is 11.4 Å². The number of fused-ring (bicyclic) bond motifs is 5. The van der Waals surface area contributed by atoms with Crippen molar-refractivity contribution >= 4 is 28.2 Å². The lowest BCUT2D eigenvalue weighted by atomic mass is 9.76. The fraction of sp³-hybridized carbons (Fsp3) is 0.429. The molecule has 0 saturated carbocycles. The first-order valence-corrected chi connectivity index (χ1v) is 9.61. The normalized spacial score (nSPS) is 32.3. The third-order valence-corrected chi connectivity index (χ3v) is 6.82. The lowest BCUT2D eigenvalue weighted by Crippen LogP contribution is -2.38. The van der Waals surface area contributed by atoms with Gasteiger partial charge in [0.25, 0.3) is 0 Å². The molecule has 1 saturated heterocycles. The molecule has 0 radical (unpaired) electrons. The fourth-order valence-corrected chi connectivity index (χ4v) is 5.81. The minimum Gasteiger partial charge on any atom is -0.511 e. The van der Waals surface area contributed by atoms with E-state index in [9.17, 15) is 14.7 Å². The number of rotatable bonds is 2. The summed E-state index contributed by atoms with van der Waals surface area (Å²) in [6.45, 7) is 9.34. The summed E-state index contributed by atoms with van der Waals surface area (Å²) in [5, 5.41) is 11.0. The van der Waals surface area contributed by atoms with E-state index in [1.165, 1.54) is 6.92 Å². The standard InChI is InChI=1S/C21H22O4S/c1-9-6-10(2)15(11(3)7-9)17-19(23)16-13-8-14(26-12(4)22)21(5,25-13)18(16)20(17)24/h6-8,13,16,18,23H,1-5H3/t13-,16-,18+,21+/m0/s1. The van der Waals surface area contributed by atoms with E-state index in [-0.39, 0.29) is 28.7 Å². The highest BCUT2D eigenvalue weighted by Gasteiger charge is 2.66. The molecule has 1 aromatic carbocycles. The Hall–Kier alpha value is -1.85. The molecule has 4 nitrogen and oxygen atoms in total. The van der Waals surface area contributed by atoms with Crippen LogP contribution in [0.15, 0.2) is 28.9 Å². The zero-order chi connectivity index (χ0) is 19.0. The second-order valence-corrected chi connectivity index (χ2v) is 8.93. The number of hydrogen-bond donors (Lipinski definition) is 1. The fourth-order valence-electron chi connectivity index (χ4n) is 4.92. The monoisotopic (exact) mass is 370 g/mol. The number of hydrogen-bond acceptors (Lipinski definition) is 5. The van der Waals surface area contributed by atoms with Gasteiger partial charge < -0.3 is 9.84 Å².